The molecule has 0 amide bonds. The highest BCUT2D eigenvalue weighted by Crippen LogP contribution is 2.37. The van der Waals surface area contributed by atoms with E-state index in [0.29, 0.717) is 6.61 Å². The molecule has 3 heterocycles. The third-order valence-electron chi connectivity index (χ3n) is 4.23. The number of benzene rings is 2. The van der Waals surface area contributed by atoms with E-state index >= 15 is 0 Å². The van der Waals surface area contributed by atoms with Crippen LogP contribution in [-0.4, -0.2) is 28.3 Å². The lowest BCUT2D eigenvalue weighted by Crippen LogP contribution is -2.18. The number of thioether (sulfide) groups is 1. The van der Waals surface area contributed by atoms with Crippen LogP contribution in [0.1, 0.15) is 12.5 Å². The number of aromatic nitrogens is 3. The van der Waals surface area contributed by atoms with E-state index in [0.717, 1.165) is 45.1 Å². The van der Waals surface area contributed by atoms with Crippen molar-refractivity contribution in [1.82, 2.24) is 14.9 Å². The average molecular weight is 380 g/mol. The quantitative estimate of drug-likeness (QED) is 0.740. The molecule has 2 aliphatic heterocycles. The van der Waals surface area contributed by atoms with Crippen LogP contribution in [0, 0.1) is 0 Å². The van der Waals surface area contributed by atoms with Gasteiger partial charge in [-0.25, -0.2) is 4.68 Å². The number of ether oxygens (including phenoxy) is 3. The molecule has 3 aromatic rings. The molecule has 0 bridgehead atoms. The second-order valence-electron chi connectivity index (χ2n) is 5.93. The maximum Gasteiger partial charge on any atom is 0.231 e. The van der Waals surface area contributed by atoms with Crippen LogP contribution in [0.5, 0.6) is 17.2 Å². The van der Waals surface area contributed by atoms with E-state index in [1.807, 2.05) is 59.5 Å². The van der Waals surface area contributed by atoms with Crippen LogP contribution in [0.15, 0.2) is 53.0 Å². The minimum absolute atomic E-state index is 0.260. The summed E-state index contributed by atoms with van der Waals surface area (Å²) in [6, 6.07) is 13.7. The first kappa shape index (κ1) is 16.1. The van der Waals surface area contributed by atoms with Crippen molar-refractivity contribution in [1.29, 1.82) is 0 Å². The Labute approximate surface area is 159 Å². The van der Waals surface area contributed by atoms with Gasteiger partial charge in [-0.1, -0.05) is 23.9 Å². The van der Waals surface area contributed by atoms with E-state index in [1.165, 1.54) is 11.8 Å². The smallest absolute Gasteiger partial charge is 0.231 e. The molecule has 1 aromatic heterocycles. The molecule has 0 unspecified atom stereocenters. The molecule has 0 saturated heterocycles. The zero-order chi connectivity index (χ0) is 18.2. The van der Waals surface area contributed by atoms with Crippen molar-refractivity contribution in [3.05, 3.63) is 53.4 Å². The highest BCUT2D eigenvalue weighted by Gasteiger charge is 2.21. The first-order valence-corrected chi connectivity index (χ1v) is 9.42. The Morgan fingerprint density at radius 1 is 1.11 bits per heavy atom. The van der Waals surface area contributed by atoms with Crippen molar-refractivity contribution in [2.24, 2.45) is 0 Å². The molecule has 0 aliphatic carbocycles. The lowest BCUT2D eigenvalue weighted by molar-refractivity contribution is 0.174. The van der Waals surface area contributed by atoms with Crippen molar-refractivity contribution in [3.63, 3.8) is 0 Å². The van der Waals surface area contributed by atoms with E-state index in [9.17, 15) is 0 Å². The summed E-state index contributed by atoms with van der Waals surface area (Å²) in [4.78, 5) is 0. The van der Waals surface area contributed by atoms with Gasteiger partial charge in [0.05, 0.1) is 12.3 Å². The molecular formula is C19H16N4O3S. The molecule has 8 heteroatoms. The Morgan fingerprint density at radius 3 is 2.96 bits per heavy atom. The number of fused-ring (bicyclic) bond motifs is 2. The predicted octanol–water partition coefficient (Wildman–Crippen LogP) is 3.72. The molecule has 2 aromatic carbocycles. The highest BCUT2D eigenvalue weighted by molar-refractivity contribution is 8.02. The van der Waals surface area contributed by atoms with Crippen molar-refractivity contribution in [3.8, 4) is 28.6 Å². The molecule has 0 radical (unpaired) electrons. The standard InChI is InChI=1S/C19H16N4O3S/c1-2-24-14-5-3-4-13(8-14)18-20-21-19-23(18)22-15(10-27-19)12-6-7-16-17(9-12)26-11-25-16/h3-10,22H,2,11H2,1H3. The number of rotatable bonds is 4. The Morgan fingerprint density at radius 2 is 2.04 bits per heavy atom. The largest absolute Gasteiger partial charge is 0.494 e. The summed E-state index contributed by atoms with van der Waals surface area (Å²) >= 11 is 1.52. The minimum Gasteiger partial charge on any atom is -0.494 e. The minimum atomic E-state index is 0.260. The van der Waals surface area contributed by atoms with Gasteiger partial charge in [-0.3, -0.25) is 5.43 Å². The fraction of sp³-hybridized carbons (Fsp3) is 0.158. The van der Waals surface area contributed by atoms with E-state index in [-0.39, 0.29) is 6.79 Å². The number of hydrogen-bond donors (Lipinski definition) is 1. The first-order chi connectivity index (χ1) is 13.3. The molecule has 136 valence electrons. The molecular weight excluding hydrogens is 364 g/mol. The molecule has 0 saturated carbocycles. The van der Waals surface area contributed by atoms with Gasteiger partial charge in [0.1, 0.15) is 5.75 Å². The molecule has 0 fully saturated rings. The lowest BCUT2D eigenvalue weighted by atomic mass is 10.1. The number of nitrogens with zero attached hydrogens (tertiary/aromatic N) is 3. The first-order valence-electron chi connectivity index (χ1n) is 8.54. The molecule has 27 heavy (non-hydrogen) atoms. The van der Waals surface area contributed by atoms with Crippen molar-refractivity contribution >= 4 is 17.5 Å². The van der Waals surface area contributed by atoms with Crippen LogP contribution >= 0.6 is 11.8 Å². The molecule has 2 aliphatic rings. The molecule has 1 N–H and O–H groups in total. The maximum absolute atomic E-state index is 5.60. The maximum atomic E-state index is 5.60. The van der Waals surface area contributed by atoms with Crippen LogP contribution in [0.25, 0.3) is 17.1 Å². The van der Waals surface area contributed by atoms with Gasteiger partial charge in [-0.15, -0.1) is 10.2 Å². The topological polar surface area (TPSA) is 70.4 Å². The van der Waals surface area contributed by atoms with Crippen molar-refractivity contribution in [2.75, 3.05) is 18.8 Å². The van der Waals surface area contributed by atoms with Gasteiger partial charge < -0.3 is 14.2 Å². The third kappa shape index (κ3) is 2.87. The zero-order valence-electron chi connectivity index (χ0n) is 14.5. The summed E-state index contributed by atoms with van der Waals surface area (Å²) in [7, 11) is 0. The third-order valence-corrected chi connectivity index (χ3v) is 5.06. The lowest BCUT2D eigenvalue weighted by Gasteiger charge is -2.19. The van der Waals surface area contributed by atoms with Crippen molar-refractivity contribution < 1.29 is 14.2 Å². The van der Waals surface area contributed by atoms with Crippen LogP contribution < -0.4 is 19.6 Å². The molecule has 5 rings (SSSR count). The Balaban J connectivity index is 1.47. The fourth-order valence-corrected chi connectivity index (χ4v) is 3.72. The Kier molecular flexibility index (Phi) is 3.90. The molecule has 0 spiro atoms. The van der Waals surface area contributed by atoms with E-state index in [1.54, 1.807) is 0 Å². The Bertz CT molecular complexity index is 1050. The SMILES string of the molecule is CCOc1cccc(-c2nnc3n2NC(c2ccc4c(c2)OCO4)=CS3)c1. The van der Waals surface area contributed by atoms with Gasteiger partial charge in [0.15, 0.2) is 17.3 Å². The van der Waals surface area contributed by atoms with Crippen LogP contribution in [0.4, 0.5) is 0 Å². The van der Waals surface area contributed by atoms with Gasteiger partial charge >= 0.3 is 0 Å². The second-order valence-corrected chi connectivity index (χ2v) is 6.77. The van der Waals surface area contributed by atoms with Crippen LogP contribution in [0.3, 0.4) is 0 Å². The van der Waals surface area contributed by atoms with Gasteiger partial charge in [0.25, 0.3) is 0 Å². The van der Waals surface area contributed by atoms with Gasteiger partial charge in [0, 0.05) is 16.5 Å². The second kappa shape index (κ2) is 6.55. The summed E-state index contributed by atoms with van der Waals surface area (Å²) in [6.07, 6.45) is 0. The summed E-state index contributed by atoms with van der Waals surface area (Å²) in [5, 5.41) is 11.4. The molecule has 7 nitrogen and oxygen atoms in total. The number of hydrogen-bond acceptors (Lipinski definition) is 7. The average Bonchev–Trinajstić information content (AvgIpc) is 3.34. The summed E-state index contributed by atoms with van der Waals surface area (Å²) < 4.78 is 18.4. The predicted molar refractivity (Wildman–Crippen MR) is 102 cm³/mol. The van der Waals surface area contributed by atoms with Crippen molar-refractivity contribution in [2.45, 2.75) is 12.1 Å². The van der Waals surface area contributed by atoms with E-state index < -0.39 is 0 Å². The Hall–Kier alpha value is -3.13. The number of nitrogens with one attached hydrogen (secondary N) is 1. The van der Waals surface area contributed by atoms with Gasteiger partial charge in [-0.2, -0.15) is 0 Å². The monoisotopic (exact) mass is 380 g/mol. The summed E-state index contributed by atoms with van der Waals surface area (Å²) in [5.74, 6) is 3.05. The van der Waals surface area contributed by atoms with Gasteiger partial charge in [-0.05, 0) is 37.3 Å². The van der Waals surface area contributed by atoms with E-state index in [4.69, 9.17) is 14.2 Å². The van der Waals surface area contributed by atoms with E-state index in [2.05, 4.69) is 15.6 Å². The van der Waals surface area contributed by atoms with Gasteiger partial charge in [0.2, 0.25) is 11.9 Å². The summed E-state index contributed by atoms with van der Waals surface area (Å²) in [6.45, 7) is 2.84. The summed E-state index contributed by atoms with van der Waals surface area (Å²) in [5.41, 5.74) is 6.27. The fourth-order valence-electron chi connectivity index (χ4n) is 2.98. The molecule has 0 atom stereocenters. The highest BCUT2D eigenvalue weighted by atomic mass is 32.2. The van der Waals surface area contributed by atoms with Crippen LogP contribution in [0.2, 0.25) is 0 Å². The van der Waals surface area contributed by atoms with Crippen LogP contribution in [-0.2, 0) is 0 Å². The normalized spacial score (nSPS) is 14.3. The zero-order valence-corrected chi connectivity index (χ0v) is 15.3.